The van der Waals surface area contributed by atoms with Gasteiger partial charge in [-0.3, -0.25) is 4.79 Å². The normalized spacial score (nSPS) is 10.3. The molecule has 0 aliphatic carbocycles. The number of halogens is 1. The van der Waals surface area contributed by atoms with Crippen molar-refractivity contribution in [2.75, 3.05) is 39.2 Å². The van der Waals surface area contributed by atoms with E-state index in [9.17, 15) is 9.18 Å². The van der Waals surface area contributed by atoms with Gasteiger partial charge in [-0.15, -0.1) is 0 Å². The van der Waals surface area contributed by atoms with Crippen molar-refractivity contribution in [3.63, 3.8) is 0 Å². The third-order valence-electron chi connectivity index (χ3n) is 2.15. The molecule has 0 heterocycles. The number of carbonyl (C=O) groups excluding carboxylic acids is 1. The van der Waals surface area contributed by atoms with Gasteiger partial charge in [0.25, 0.3) is 5.91 Å². The molecular weight excluding hydrogens is 239 g/mol. The second-order valence-corrected chi connectivity index (χ2v) is 3.63. The van der Waals surface area contributed by atoms with Crippen molar-refractivity contribution < 1.29 is 18.7 Å². The number of anilines is 1. The molecule has 0 radical (unpaired) electrons. The molecule has 0 fully saturated rings. The maximum absolute atomic E-state index is 13.0. The highest BCUT2D eigenvalue weighted by atomic mass is 19.1. The first kappa shape index (κ1) is 14.4. The van der Waals surface area contributed by atoms with E-state index in [1.807, 2.05) is 0 Å². The molecule has 1 amide bonds. The summed E-state index contributed by atoms with van der Waals surface area (Å²) in [4.78, 5) is 11.6. The van der Waals surface area contributed by atoms with E-state index in [-0.39, 0.29) is 17.2 Å². The fraction of sp³-hybridized carbons (Fsp3) is 0.417. The van der Waals surface area contributed by atoms with Crippen molar-refractivity contribution in [2.24, 2.45) is 0 Å². The Labute approximate surface area is 105 Å². The van der Waals surface area contributed by atoms with Gasteiger partial charge in [0, 0.05) is 24.9 Å². The van der Waals surface area contributed by atoms with E-state index in [2.05, 4.69) is 5.32 Å². The van der Waals surface area contributed by atoms with Gasteiger partial charge in [0.1, 0.15) is 5.82 Å². The monoisotopic (exact) mass is 256 g/mol. The molecule has 1 aromatic carbocycles. The predicted molar refractivity (Wildman–Crippen MR) is 65.8 cm³/mol. The van der Waals surface area contributed by atoms with Crippen molar-refractivity contribution >= 4 is 11.6 Å². The van der Waals surface area contributed by atoms with Gasteiger partial charge in [0.05, 0.1) is 19.8 Å². The molecule has 0 aliphatic heterocycles. The molecule has 0 unspecified atom stereocenters. The topological polar surface area (TPSA) is 73.6 Å². The zero-order valence-electron chi connectivity index (χ0n) is 10.2. The van der Waals surface area contributed by atoms with E-state index < -0.39 is 5.82 Å². The number of hydrogen-bond donors (Lipinski definition) is 2. The van der Waals surface area contributed by atoms with Gasteiger partial charge >= 0.3 is 0 Å². The van der Waals surface area contributed by atoms with Crippen LogP contribution in [0.5, 0.6) is 0 Å². The molecular formula is C12H17FN2O3. The minimum Gasteiger partial charge on any atom is -0.399 e. The Balaban J connectivity index is 2.32. The fourth-order valence-electron chi connectivity index (χ4n) is 1.33. The van der Waals surface area contributed by atoms with E-state index in [1.54, 1.807) is 7.11 Å². The Morgan fingerprint density at radius 3 is 2.78 bits per heavy atom. The van der Waals surface area contributed by atoms with Crippen molar-refractivity contribution in [3.05, 3.63) is 29.6 Å². The summed E-state index contributed by atoms with van der Waals surface area (Å²) in [6, 6.07) is 3.71. The van der Waals surface area contributed by atoms with Gasteiger partial charge in [-0.05, 0) is 18.2 Å². The minimum absolute atomic E-state index is 0.199. The van der Waals surface area contributed by atoms with Gasteiger partial charge < -0.3 is 20.5 Å². The van der Waals surface area contributed by atoms with Crippen LogP contribution in [0.15, 0.2) is 18.2 Å². The number of rotatable bonds is 7. The second kappa shape index (κ2) is 7.62. The van der Waals surface area contributed by atoms with Gasteiger partial charge in [0.2, 0.25) is 0 Å². The lowest BCUT2D eigenvalue weighted by molar-refractivity contribution is 0.0692. The third-order valence-corrected chi connectivity index (χ3v) is 2.15. The standard InChI is InChI=1S/C12H17FN2O3/c1-17-4-5-18-3-2-15-12(16)9-6-10(13)8-11(14)7-9/h6-8H,2-5,14H2,1H3,(H,15,16). The summed E-state index contributed by atoms with van der Waals surface area (Å²) in [6.07, 6.45) is 0. The van der Waals surface area contributed by atoms with Gasteiger partial charge in [0.15, 0.2) is 0 Å². The van der Waals surface area contributed by atoms with Crippen molar-refractivity contribution in [3.8, 4) is 0 Å². The summed E-state index contributed by atoms with van der Waals surface area (Å²) in [7, 11) is 1.58. The molecule has 100 valence electrons. The highest BCUT2D eigenvalue weighted by molar-refractivity contribution is 5.95. The Hall–Kier alpha value is -1.66. The number of carbonyl (C=O) groups is 1. The predicted octanol–water partition coefficient (Wildman–Crippen LogP) is 0.801. The van der Waals surface area contributed by atoms with E-state index in [0.29, 0.717) is 26.4 Å². The molecule has 0 saturated heterocycles. The van der Waals surface area contributed by atoms with Crippen LogP contribution in [0.2, 0.25) is 0 Å². The molecule has 5 nitrogen and oxygen atoms in total. The first-order chi connectivity index (χ1) is 8.63. The SMILES string of the molecule is COCCOCCNC(=O)c1cc(N)cc(F)c1. The van der Waals surface area contributed by atoms with Crippen LogP contribution in [0.3, 0.4) is 0 Å². The lowest BCUT2D eigenvalue weighted by atomic mass is 10.2. The van der Waals surface area contributed by atoms with Crippen LogP contribution in [0, 0.1) is 5.82 Å². The summed E-state index contributed by atoms with van der Waals surface area (Å²) in [5.41, 5.74) is 5.87. The number of methoxy groups -OCH3 is 1. The molecule has 0 spiro atoms. The van der Waals surface area contributed by atoms with Gasteiger partial charge in [-0.1, -0.05) is 0 Å². The summed E-state index contributed by atoms with van der Waals surface area (Å²) >= 11 is 0. The van der Waals surface area contributed by atoms with Crippen molar-refractivity contribution in [1.29, 1.82) is 0 Å². The zero-order valence-corrected chi connectivity index (χ0v) is 10.2. The highest BCUT2D eigenvalue weighted by Gasteiger charge is 2.07. The van der Waals surface area contributed by atoms with Crippen LogP contribution in [-0.2, 0) is 9.47 Å². The van der Waals surface area contributed by atoms with Crippen LogP contribution in [0.1, 0.15) is 10.4 Å². The molecule has 0 atom stereocenters. The van der Waals surface area contributed by atoms with Crippen LogP contribution in [-0.4, -0.2) is 39.4 Å². The number of amides is 1. The fourth-order valence-corrected chi connectivity index (χ4v) is 1.33. The molecule has 6 heteroatoms. The third kappa shape index (κ3) is 5.11. The Morgan fingerprint density at radius 1 is 1.33 bits per heavy atom. The number of nitrogen functional groups attached to an aromatic ring is 1. The number of benzene rings is 1. The quantitative estimate of drug-likeness (QED) is 0.559. The number of nitrogens with one attached hydrogen (secondary N) is 1. The number of ether oxygens (including phenoxy) is 2. The zero-order chi connectivity index (χ0) is 13.4. The largest absolute Gasteiger partial charge is 0.399 e. The van der Waals surface area contributed by atoms with E-state index in [4.69, 9.17) is 15.2 Å². The summed E-state index contributed by atoms with van der Waals surface area (Å²) in [6.45, 7) is 1.70. The molecule has 0 aromatic heterocycles. The number of nitrogens with two attached hydrogens (primary N) is 1. The molecule has 0 bridgehead atoms. The number of hydrogen-bond acceptors (Lipinski definition) is 4. The molecule has 3 N–H and O–H groups in total. The van der Waals surface area contributed by atoms with Crippen LogP contribution in [0.4, 0.5) is 10.1 Å². The van der Waals surface area contributed by atoms with E-state index in [1.165, 1.54) is 6.07 Å². The van der Waals surface area contributed by atoms with E-state index in [0.717, 1.165) is 12.1 Å². The smallest absolute Gasteiger partial charge is 0.251 e. The van der Waals surface area contributed by atoms with Crippen LogP contribution < -0.4 is 11.1 Å². The second-order valence-electron chi connectivity index (χ2n) is 3.63. The molecule has 0 saturated carbocycles. The van der Waals surface area contributed by atoms with E-state index >= 15 is 0 Å². The molecule has 1 aromatic rings. The average Bonchev–Trinajstić information content (AvgIpc) is 2.32. The molecule has 18 heavy (non-hydrogen) atoms. The first-order valence-electron chi connectivity index (χ1n) is 5.54. The highest BCUT2D eigenvalue weighted by Crippen LogP contribution is 2.10. The van der Waals surface area contributed by atoms with Crippen molar-refractivity contribution in [1.82, 2.24) is 5.32 Å². The average molecular weight is 256 g/mol. The first-order valence-corrected chi connectivity index (χ1v) is 5.54. The Kier molecular flexibility index (Phi) is 6.10. The molecule has 0 aliphatic rings. The Bertz CT molecular complexity index is 379. The minimum atomic E-state index is -0.531. The summed E-state index contributed by atoms with van der Waals surface area (Å²) in [5, 5.41) is 2.60. The molecule has 1 rings (SSSR count). The van der Waals surface area contributed by atoms with Gasteiger partial charge in [-0.2, -0.15) is 0 Å². The maximum atomic E-state index is 13.0. The lowest BCUT2D eigenvalue weighted by Gasteiger charge is -2.07. The van der Waals surface area contributed by atoms with Crippen LogP contribution in [0.25, 0.3) is 0 Å². The Morgan fingerprint density at radius 2 is 2.11 bits per heavy atom. The lowest BCUT2D eigenvalue weighted by Crippen LogP contribution is -2.27. The van der Waals surface area contributed by atoms with Gasteiger partial charge in [-0.25, -0.2) is 4.39 Å². The van der Waals surface area contributed by atoms with Crippen molar-refractivity contribution in [2.45, 2.75) is 0 Å². The maximum Gasteiger partial charge on any atom is 0.251 e. The summed E-state index contributed by atoms with van der Waals surface area (Å²) < 4.78 is 23.0. The van der Waals surface area contributed by atoms with Crippen LogP contribution >= 0.6 is 0 Å². The summed E-state index contributed by atoms with van der Waals surface area (Å²) in [5.74, 6) is -0.909.